The molecule has 2 fully saturated rings. The molecule has 0 radical (unpaired) electrons. The third-order valence-corrected chi connectivity index (χ3v) is 7.46. The van der Waals surface area contributed by atoms with E-state index in [2.05, 4.69) is 21.8 Å². The fourth-order valence-electron chi connectivity index (χ4n) is 4.66. The zero-order chi connectivity index (χ0) is 19.8. The first-order valence-electron chi connectivity index (χ1n) is 9.78. The summed E-state index contributed by atoms with van der Waals surface area (Å²) in [5.41, 5.74) is -0.140. The molecule has 0 amide bonds. The number of nitrogens with zero attached hydrogens (tertiary/aromatic N) is 3. The summed E-state index contributed by atoms with van der Waals surface area (Å²) in [5.74, 6) is 1.61. The lowest BCUT2D eigenvalue weighted by atomic mass is 9.71. The van der Waals surface area contributed by atoms with Crippen molar-refractivity contribution < 1.29 is 13.2 Å². The molecule has 2 aliphatic rings. The Morgan fingerprint density at radius 1 is 1.07 bits per heavy atom. The molecule has 1 saturated heterocycles. The van der Waals surface area contributed by atoms with Crippen molar-refractivity contribution in [2.24, 2.45) is 11.3 Å². The Kier molecular flexibility index (Phi) is 5.29. The molecule has 2 aromatic rings. The van der Waals surface area contributed by atoms with E-state index < -0.39 is 11.7 Å². The summed E-state index contributed by atoms with van der Waals surface area (Å²) in [6, 6.07) is 5.57. The first kappa shape index (κ1) is 19.6. The maximum absolute atomic E-state index is 13.2. The van der Waals surface area contributed by atoms with Crippen LogP contribution in [0.25, 0.3) is 0 Å². The van der Waals surface area contributed by atoms with E-state index in [-0.39, 0.29) is 4.90 Å². The molecule has 28 heavy (non-hydrogen) atoms. The predicted octanol–water partition coefficient (Wildman–Crippen LogP) is 6.05. The number of aromatic nitrogens is 2. The maximum atomic E-state index is 13.2. The van der Waals surface area contributed by atoms with Gasteiger partial charge in [-0.2, -0.15) is 13.2 Å². The average Bonchev–Trinajstić information content (AvgIpc) is 3.03. The molecule has 1 aliphatic carbocycles. The first-order valence-corrected chi connectivity index (χ1v) is 10.6. The van der Waals surface area contributed by atoms with Crippen LogP contribution in [0.1, 0.15) is 44.6 Å². The van der Waals surface area contributed by atoms with Crippen molar-refractivity contribution >= 4 is 17.6 Å². The van der Waals surface area contributed by atoms with Gasteiger partial charge in [0.15, 0.2) is 0 Å². The van der Waals surface area contributed by atoms with Crippen LogP contribution in [0.4, 0.5) is 19.0 Å². The fourth-order valence-corrected chi connectivity index (χ4v) is 5.54. The number of anilines is 1. The minimum atomic E-state index is -4.38. The first-order chi connectivity index (χ1) is 13.4. The van der Waals surface area contributed by atoms with Crippen LogP contribution in [0, 0.1) is 11.3 Å². The van der Waals surface area contributed by atoms with Gasteiger partial charge in [0.25, 0.3) is 0 Å². The molecule has 0 bridgehead atoms. The van der Waals surface area contributed by atoms with Gasteiger partial charge in [0.05, 0.1) is 18.0 Å². The molecule has 1 spiro atoms. The molecule has 7 heteroatoms. The van der Waals surface area contributed by atoms with Gasteiger partial charge in [-0.3, -0.25) is 0 Å². The van der Waals surface area contributed by atoms with E-state index in [0.29, 0.717) is 10.4 Å². The summed E-state index contributed by atoms with van der Waals surface area (Å²) in [7, 11) is 0. The molecule has 150 valence electrons. The van der Waals surface area contributed by atoms with E-state index in [9.17, 15) is 13.2 Å². The topological polar surface area (TPSA) is 29.0 Å². The lowest BCUT2D eigenvalue weighted by molar-refractivity contribution is -0.139. The summed E-state index contributed by atoms with van der Waals surface area (Å²) in [5, 5.41) is 0.471. The predicted molar refractivity (Wildman–Crippen MR) is 104 cm³/mol. The minimum Gasteiger partial charge on any atom is -0.355 e. The van der Waals surface area contributed by atoms with Crippen molar-refractivity contribution in [2.75, 3.05) is 18.0 Å². The number of piperidine rings is 1. The fraction of sp³-hybridized carbons (Fsp3) is 0.524. The largest absolute Gasteiger partial charge is 0.417 e. The number of hydrogen-bond donors (Lipinski definition) is 0. The summed E-state index contributed by atoms with van der Waals surface area (Å²) in [4.78, 5) is 11.3. The van der Waals surface area contributed by atoms with Crippen molar-refractivity contribution in [3.8, 4) is 0 Å². The molecule has 1 aromatic carbocycles. The van der Waals surface area contributed by atoms with Crippen LogP contribution in [0.15, 0.2) is 46.6 Å². The number of alkyl halides is 3. The molecule has 1 atom stereocenters. The molecule has 2 heterocycles. The molecule has 1 saturated carbocycles. The Morgan fingerprint density at radius 3 is 2.43 bits per heavy atom. The highest BCUT2D eigenvalue weighted by molar-refractivity contribution is 7.99. The Morgan fingerprint density at radius 2 is 1.82 bits per heavy atom. The van der Waals surface area contributed by atoms with Gasteiger partial charge >= 0.3 is 6.18 Å². The number of benzene rings is 1. The van der Waals surface area contributed by atoms with Crippen LogP contribution < -0.4 is 4.90 Å². The molecule has 0 unspecified atom stereocenters. The van der Waals surface area contributed by atoms with Crippen LogP contribution in [0.2, 0.25) is 0 Å². The Hall–Kier alpha value is -1.76. The third kappa shape index (κ3) is 3.86. The summed E-state index contributed by atoms with van der Waals surface area (Å²) >= 11 is 1.000. The second-order valence-corrected chi connectivity index (χ2v) is 9.01. The van der Waals surface area contributed by atoms with Crippen molar-refractivity contribution in [3.63, 3.8) is 0 Å². The quantitative estimate of drug-likeness (QED) is 0.619. The Labute approximate surface area is 167 Å². The van der Waals surface area contributed by atoms with E-state index in [1.165, 1.54) is 44.2 Å². The van der Waals surface area contributed by atoms with Crippen molar-refractivity contribution in [3.05, 3.63) is 42.2 Å². The maximum Gasteiger partial charge on any atom is 0.417 e. The molecule has 0 N–H and O–H groups in total. The molecular weight excluding hydrogens is 383 g/mol. The Balaban J connectivity index is 1.43. The number of halogens is 3. The van der Waals surface area contributed by atoms with Gasteiger partial charge in [-0.1, -0.05) is 43.7 Å². The van der Waals surface area contributed by atoms with Gasteiger partial charge in [0.2, 0.25) is 0 Å². The zero-order valence-corrected chi connectivity index (χ0v) is 16.7. The Bertz CT molecular complexity index is 814. The van der Waals surface area contributed by atoms with E-state index in [4.69, 9.17) is 0 Å². The highest BCUT2D eigenvalue weighted by Gasteiger charge is 2.42. The number of rotatable bonds is 3. The SMILES string of the molecule is C[C@@H]1CCCC12CCN(c1cnc(Sc3ccccc3C(F)(F)F)cn1)CC2. The molecule has 1 aromatic heterocycles. The van der Waals surface area contributed by atoms with Gasteiger partial charge < -0.3 is 4.90 Å². The highest BCUT2D eigenvalue weighted by atomic mass is 32.2. The van der Waals surface area contributed by atoms with Crippen molar-refractivity contribution in [1.82, 2.24) is 9.97 Å². The lowest BCUT2D eigenvalue weighted by Crippen LogP contribution is -2.41. The van der Waals surface area contributed by atoms with Crippen LogP contribution in [-0.4, -0.2) is 23.1 Å². The van der Waals surface area contributed by atoms with E-state index in [1.807, 2.05) is 0 Å². The molecular formula is C21H24F3N3S. The van der Waals surface area contributed by atoms with E-state index in [0.717, 1.165) is 42.7 Å². The van der Waals surface area contributed by atoms with Crippen LogP contribution in [0.3, 0.4) is 0 Å². The van der Waals surface area contributed by atoms with Crippen LogP contribution in [-0.2, 0) is 6.18 Å². The van der Waals surface area contributed by atoms with Crippen molar-refractivity contribution in [2.45, 2.75) is 55.1 Å². The highest BCUT2D eigenvalue weighted by Crippen LogP contribution is 2.50. The van der Waals surface area contributed by atoms with Crippen LogP contribution >= 0.6 is 11.8 Å². The van der Waals surface area contributed by atoms with Gasteiger partial charge in [-0.25, -0.2) is 9.97 Å². The van der Waals surface area contributed by atoms with Gasteiger partial charge in [0, 0.05) is 18.0 Å². The minimum absolute atomic E-state index is 0.146. The summed E-state index contributed by atoms with van der Waals surface area (Å²) in [6.07, 6.45) is 5.28. The smallest absolute Gasteiger partial charge is 0.355 e. The van der Waals surface area contributed by atoms with E-state index >= 15 is 0 Å². The summed E-state index contributed by atoms with van der Waals surface area (Å²) in [6.45, 7) is 4.33. The van der Waals surface area contributed by atoms with Gasteiger partial charge in [-0.15, -0.1) is 0 Å². The normalized spacial score (nSPS) is 22.0. The van der Waals surface area contributed by atoms with Crippen molar-refractivity contribution in [1.29, 1.82) is 0 Å². The van der Waals surface area contributed by atoms with Gasteiger partial charge in [0.1, 0.15) is 10.8 Å². The van der Waals surface area contributed by atoms with Crippen LogP contribution in [0.5, 0.6) is 0 Å². The number of hydrogen-bond acceptors (Lipinski definition) is 4. The lowest BCUT2D eigenvalue weighted by Gasteiger charge is -2.42. The molecule has 4 rings (SSSR count). The van der Waals surface area contributed by atoms with Gasteiger partial charge in [-0.05, 0) is 42.7 Å². The average molecular weight is 408 g/mol. The summed E-state index contributed by atoms with van der Waals surface area (Å²) < 4.78 is 39.5. The molecule has 1 aliphatic heterocycles. The second kappa shape index (κ2) is 7.58. The second-order valence-electron chi connectivity index (χ2n) is 7.95. The van der Waals surface area contributed by atoms with E-state index in [1.54, 1.807) is 18.5 Å². The standard InChI is InChI=1S/C21H24F3N3S/c1-15-5-4-8-20(15)9-11-27(12-10-20)18-13-26-19(14-25-18)28-17-7-3-2-6-16(17)21(22,23)24/h2-3,6-7,13-15H,4-5,8-12H2,1H3/t15-/m1/s1. The zero-order valence-electron chi connectivity index (χ0n) is 15.9. The third-order valence-electron chi connectivity index (χ3n) is 6.46. The monoisotopic (exact) mass is 407 g/mol. The molecule has 3 nitrogen and oxygen atoms in total.